The van der Waals surface area contributed by atoms with Gasteiger partial charge in [0.2, 0.25) is 15.9 Å². The van der Waals surface area contributed by atoms with Crippen molar-refractivity contribution in [1.29, 1.82) is 0 Å². The summed E-state index contributed by atoms with van der Waals surface area (Å²) in [5.41, 5.74) is 2.52. The van der Waals surface area contributed by atoms with E-state index in [1.165, 1.54) is 22.1 Å². The Morgan fingerprint density at radius 1 is 1.22 bits per heavy atom. The summed E-state index contributed by atoms with van der Waals surface area (Å²) in [6.07, 6.45) is 0. The fraction of sp³-hybridized carbons (Fsp3) is 0.545. The predicted molar refractivity (Wildman–Crippen MR) is 127 cm³/mol. The molecule has 0 radical (unpaired) electrons. The molecule has 3 rings (SSSR count). The molecule has 0 spiro atoms. The summed E-state index contributed by atoms with van der Waals surface area (Å²) < 4.78 is 34.6. The largest absolute Gasteiger partial charge is 0.379 e. The lowest BCUT2D eigenvalue weighted by Crippen LogP contribution is -2.40. The number of nitrogens with zero attached hydrogens (tertiary/aromatic N) is 3. The molecule has 1 aliphatic rings. The highest BCUT2D eigenvalue weighted by Gasteiger charge is 2.27. The van der Waals surface area contributed by atoms with Crippen LogP contribution in [0.5, 0.6) is 0 Å². The number of nitrogens with one attached hydrogen (secondary N) is 1. The smallest absolute Gasteiger partial charge is 0.243 e. The minimum absolute atomic E-state index is 0.163. The third-order valence-electron chi connectivity index (χ3n) is 5.33. The third kappa shape index (κ3) is 5.72. The minimum atomic E-state index is -3.62. The van der Waals surface area contributed by atoms with Crippen molar-refractivity contribution in [3.8, 4) is 0 Å². The molecule has 10 heteroatoms. The Labute approximate surface area is 194 Å². The Bertz CT molecular complexity index is 1060. The first kappa shape index (κ1) is 24.8. The van der Waals surface area contributed by atoms with Crippen LogP contribution in [-0.4, -0.2) is 59.7 Å². The SMILES string of the molecule is Cc1nc(SC(C)C(=O)Nc2cccc(S(=O)(=O)N3CCOCC3)c2)n(CC(C)C)c1C. The number of benzene rings is 1. The number of aromatic nitrogens is 2. The van der Waals surface area contributed by atoms with E-state index in [0.717, 1.165) is 23.1 Å². The second-order valence-corrected chi connectivity index (χ2v) is 11.6. The van der Waals surface area contributed by atoms with Gasteiger partial charge in [0.05, 0.1) is 29.1 Å². The van der Waals surface area contributed by atoms with E-state index in [9.17, 15) is 13.2 Å². The highest BCUT2D eigenvalue weighted by Crippen LogP contribution is 2.27. The zero-order chi connectivity index (χ0) is 23.5. The molecule has 0 aliphatic carbocycles. The maximum Gasteiger partial charge on any atom is 0.243 e. The van der Waals surface area contributed by atoms with Crippen molar-refractivity contribution in [2.45, 2.75) is 56.5 Å². The summed E-state index contributed by atoms with van der Waals surface area (Å²) in [4.78, 5) is 17.7. The van der Waals surface area contributed by atoms with Gasteiger partial charge in [-0.1, -0.05) is 31.7 Å². The number of hydrogen-bond acceptors (Lipinski definition) is 6. The quantitative estimate of drug-likeness (QED) is 0.583. The van der Waals surface area contributed by atoms with Crippen LogP contribution in [0, 0.1) is 19.8 Å². The molecule has 1 N–H and O–H groups in total. The molecule has 1 fully saturated rings. The van der Waals surface area contributed by atoms with Crippen molar-refractivity contribution >= 4 is 33.4 Å². The fourth-order valence-corrected chi connectivity index (χ4v) is 5.88. The fourth-order valence-electron chi connectivity index (χ4n) is 3.42. The number of thioether (sulfide) groups is 1. The average Bonchev–Trinajstić information content (AvgIpc) is 3.01. The first-order valence-electron chi connectivity index (χ1n) is 10.8. The van der Waals surface area contributed by atoms with Crippen LogP contribution >= 0.6 is 11.8 Å². The number of carbonyl (C=O) groups is 1. The van der Waals surface area contributed by atoms with E-state index in [-0.39, 0.29) is 10.8 Å². The summed E-state index contributed by atoms with van der Waals surface area (Å²) in [5.74, 6) is 0.257. The predicted octanol–water partition coefficient (Wildman–Crippen LogP) is 3.30. The zero-order valence-corrected chi connectivity index (χ0v) is 20.9. The molecule has 1 aliphatic heterocycles. The van der Waals surface area contributed by atoms with Gasteiger partial charge < -0.3 is 14.6 Å². The molecule has 176 valence electrons. The van der Waals surface area contributed by atoms with E-state index in [2.05, 4.69) is 28.7 Å². The molecule has 1 atom stereocenters. The number of aryl methyl sites for hydroxylation is 1. The van der Waals surface area contributed by atoms with Crippen LogP contribution in [-0.2, 0) is 26.1 Å². The third-order valence-corrected chi connectivity index (χ3v) is 8.32. The van der Waals surface area contributed by atoms with Gasteiger partial charge in [0, 0.05) is 31.0 Å². The van der Waals surface area contributed by atoms with Crippen LogP contribution in [0.3, 0.4) is 0 Å². The molecule has 1 saturated heterocycles. The lowest BCUT2D eigenvalue weighted by Gasteiger charge is -2.26. The van der Waals surface area contributed by atoms with Gasteiger partial charge in [0.1, 0.15) is 0 Å². The number of rotatable bonds is 8. The van der Waals surface area contributed by atoms with Gasteiger partial charge in [-0.15, -0.1) is 0 Å². The monoisotopic (exact) mass is 480 g/mol. The Morgan fingerprint density at radius 2 is 1.91 bits per heavy atom. The van der Waals surface area contributed by atoms with E-state index >= 15 is 0 Å². The second kappa shape index (κ2) is 10.4. The topological polar surface area (TPSA) is 93.5 Å². The van der Waals surface area contributed by atoms with E-state index < -0.39 is 15.3 Å². The highest BCUT2D eigenvalue weighted by molar-refractivity contribution is 8.00. The van der Waals surface area contributed by atoms with Gasteiger partial charge in [-0.3, -0.25) is 4.79 Å². The number of anilines is 1. The Kier molecular flexibility index (Phi) is 8.02. The van der Waals surface area contributed by atoms with Gasteiger partial charge in [-0.2, -0.15) is 4.31 Å². The Morgan fingerprint density at radius 3 is 2.56 bits per heavy atom. The maximum atomic E-state index is 12.9. The van der Waals surface area contributed by atoms with Crippen molar-refractivity contribution in [2.24, 2.45) is 5.92 Å². The Hall–Kier alpha value is -1.88. The van der Waals surface area contributed by atoms with E-state index in [1.54, 1.807) is 18.2 Å². The van der Waals surface area contributed by atoms with Crippen LogP contribution in [0.2, 0.25) is 0 Å². The van der Waals surface area contributed by atoms with E-state index in [4.69, 9.17) is 4.74 Å². The minimum Gasteiger partial charge on any atom is -0.379 e. The van der Waals surface area contributed by atoms with Gasteiger partial charge in [0.25, 0.3) is 0 Å². The molecular weight excluding hydrogens is 448 g/mol. The van der Waals surface area contributed by atoms with Crippen molar-refractivity contribution in [1.82, 2.24) is 13.9 Å². The van der Waals surface area contributed by atoms with E-state index in [1.807, 2.05) is 20.8 Å². The molecule has 2 aromatic rings. The number of amides is 1. The molecule has 0 bridgehead atoms. The zero-order valence-electron chi connectivity index (χ0n) is 19.3. The van der Waals surface area contributed by atoms with Crippen molar-refractivity contribution < 1.29 is 17.9 Å². The lowest BCUT2D eigenvalue weighted by molar-refractivity contribution is -0.115. The average molecular weight is 481 g/mol. The lowest BCUT2D eigenvalue weighted by atomic mass is 10.2. The number of carbonyl (C=O) groups excluding carboxylic acids is 1. The summed E-state index contributed by atoms with van der Waals surface area (Å²) in [6, 6.07) is 6.39. The molecule has 0 saturated carbocycles. The summed E-state index contributed by atoms with van der Waals surface area (Å²) >= 11 is 1.41. The van der Waals surface area contributed by atoms with Crippen LogP contribution < -0.4 is 5.32 Å². The van der Waals surface area contributed by atoms with Gasteiger partial charge in [-0.25, -0.2) is 13.4 Å². The summed E-state index contributed by atoms with van der Waals surface area (Å²) in [6.45, 7) is 12.4. The van der Waals surface area contributed by atoms with Crippen LogP contribution in [0.1, 0.15) is 32.2 Å². The molecule has 1 amide bonds. The van der Waals surface area contributed by atoms with E-state index in [0.29, 0.717) is 37.9 Å². The van der Waals surface area contributed by atoms with Crippen LogP contribution in [0.4, 0.5) is 5.69 Å². The summed E-state index contributed by atoms with van der Waals surface area (Å²) in [7, 11) is -3.62. The molecule has 1 aromatic heterocycles. The summed E-state index contributed by atoms with van der Waals surface area (Å²) in [5, 5.41) is 3.27. The second-order valence-electron chi connectivity index (χ2n) is 8.36. The van der Waals surface area contributed by atoms with Crippen molar-refractivity contribution in [3.05, 3.63) is 35.7 Å². The van der Waals surface area contributed by atoms with Crippen molar-refractivity contribution in [3.63, 3.8) is 0 Å². The molecule has 2 heterocycles. The van der Waals surface area contributed by atoms with Gasteiger partial charge in [-0.05, 0) is 44.9 Å². The Balaban J connectivity index is 1.71. The van der Waals surface area contributed by atoms with Crippen molar-refractivity contribution in [2.75, 3.05) is 31.6 Å². The number of morpholine rings is 1. The number of sulfonamides is 1. The molecule has 1 aromatic carbocycles. The maximum absolute atomic E-state index is 12.9. The van der Waals surface area contributed by atoms with Crippen LogP contribution in [0.15, 0.2) is 34.3 Å². The molecular formula is C22H32N4O4S2. The standard InChI is InChI=1S/C22H32N4O4S2/c1-15(2)14-26-17(4)16(3)23-22(26)31-18(5)21(27)24-19-7-6-8-20(13-19)32(28,29)25-9-11-30-12-10-25/h6-8,13,15,18H,9-12,14H2,1-5H3,(H,24,27). The van der Waals surface area contributed by atoms with Gasteiger partial charge >= 0.3 is 0 Å². The first-order chi connectivity index (χ1) is 15.1. The normalized spacial score (nSPS) is 16.3. The molecule has 8 nitrogen and oxygen atoms in total. The number of imidazole rings is 1. The first-order valence-corrected chi connectivity index (χ1v) is 13.1. The number of ether oxygens (including phenoxy) is 1. The molecule has 1 unspecified atom stereocenters. The van der Waals surface area contributed by atoms with Gasteiger partial charge in [0.15, 0.2) is 5.16 Å². The number of hydrogen-bond donors (Lipinski definition) is 1. The van der Waals surface area contributed by atoms with Crippen LogP contribution in [0.25, 0.3) is 0 Å². The highest BCUT2D eigenvalue weighted by atomic mass is 32.2. The molecule has 32 heavy (non-hydrogen) atoms.